The average molecular weight is 459 g/mol. The van der Waals surface area contributed by atoms with Crippen molar-refractivity contribution >= 4 is 37.7 Å². The zero-order valence-corrected chi connectivity index (χ0v) is 19.1. The second-order valence-corrected chi connectivity index (χ2v) is 8.95. The van der Waals surface area contributed by atoms with Crippen LogP contribution in [-0.2, 0) is 6.42 Å². The van der Waals surface area contributed by atoms with Gasteiger partial charge in [0.05, 0.1) is 17.5 Å². The van der Waals surface area contributed by atoms with Crippen LogP contribution in [0.3, 0.4) is 0 Å². The zero-order valence-electron chi connectivity index (χ0n) is 18.3. The molecule has 8 heteroatoms. The van der Waals surface area contributed by atoms with Crippen molar-refractivity contribution in [3.8, 4) is 5.69 Å². The van der Waals surface area contributed by atoms with Crippen LogP contribution in [0.4, 0.5) is 0 Å². The number of nitrogens with one attached hydrogen (secondary N) is 1. The Hall–Kier alpha value is -3.78. The maximum Gasteiger partial charge on any atom is 0.275 e. The molecule has 0 bridgehead atoms. The molecular weight excluding hydrogens is 436 g/mol. The minimum atomic E-state index is -0.185. The number of carbonyl (C=O) groups excluding carboxylic acids is 1. The first-order chi connectivity index (χ1) is 16.0. The lowest BCUT2D eigenvalue weighted by atomic mass is 10.1. The number of carbonyl (C=O) groups is 1. The summed E-state index contributed by atoms with van der Waals surface area (Å²) in [7, 11) is 0. The molecule has 5 aromatic rings. The number of aromatic nitrogens is 3. The summed E-state index contributed by atoms with van der Waals surface area (Å²) < 4.78 is 7.35. The van der Waals surface area contributed by atoms with Gasteiger partial charge < -0.3 is 9.73 Å². The molecule has 5 rings (SSSR count). The van der Waals surface area contributed by atoms with Gasteiger partial charge in [0, 0.05) is 29.6 Å². The van der Waals surface area contributed by atoms with E-state index in [-0.39, 0.29) is 11.5 Å². The van der Waals surface area contributed by atoms with Crippen LogP contribution in [0.25, 0.3) is 26.1 Å². The lowest BCUT2D eigenvalue weighted by Gasteiger charge is -2.09. The molecule has 33 heavy (non-hydrogen) atoms. The molecule has 0 radical (unpaired) electrons. The van der Waals surface area contributed by atoms with Gasteiger partial charge in [0.25, 0.3) is 11.5 Å². The van der Waals surface area contributed by atoms with Crippen LogP contribution in [0, 0.1) is 13.8 Å². The number of pyridine rings is 1. The molecule has 7 nitrogen and oxygen atoms in total. The van der Waals surface area contributed by atoms with Crippen molar-refractivity contribution in [3.63, 3.8) is 0 Å². The normalized spacial score (nSPS) is 11.3. The molecule has 0 saturated heterocycles. The van der Waals surface area contributed by atoms with Crippen molar-refractivity contribution in [2.45, 2.75) is 26.7 Å². The highest BCUT2D eigenvalue weighted by Gasteiger charge is 2.16. The molecule has 4 aromatic heterocycles. The summed E-state index contributed by atoms with van der Waals surface area (Å²) in [6.07, 6.45) is 4.71. The second kappa shape index (κ2) is 8.63. The van der Waals surface area contributed by atoms with Gasteiger partial charge in [0.1, 0.15) is 21.6 Å². The first-order valence-corrected chi connectivity index (χ1v) is 11.5. The Morgan fingerprint density at radius 1 is 1.18 bits per heavy atom. The van der Waals surface area contributed by atoms with E-state index in [1.807, 2.05) is 32.0 Å². The molecule has 0 aliphatic carbocycles. The monoisotopic (exact) mass is 458 g/mol. The van der Waals surface area contributed by atoms with Gasteiger partial charge >= 0.3 is 0 Å². The van der Waals surface area contributed by atoms with Crippen molar-refractivity contribution in [2.24, 2.45) is 0 Å². The van der Waals surface area contributed by atoms with Crippen molar-refractivity contribution in [1.82, 2.24) is 19.9 Å². The molecular formula is C25H22N4O3S. The standard InChI is InChI=1S/C25H22N4O3S/c1-15-12-16(2)28-24-20(15)21-22(33-24)25(31)29(14-27-21)18-7-3-6-17(13-18)23(30)26-10-4-8-19-9-5-11-32-19/h3,5-7,9,11-14H,4,8,10H2,1-2H3,(H,26,30). The number of rotatable bonds is 6. The molecule has 0 saturated carbocycles. The Morgan fingerprint density at radius 2 is 2.06 bits per heavy atom. The fraction of sp³-hybridized carbons (Fsp3) is 0.200. The van der Waals surface area contributed by atoms with E-state index in [1.54, 1.807) is 30.5 Å². The first kappa shape index (κ1) is 21.1. The van der Waals surface area contributed by atoms with Crippen molar-refractivity contribution in [3.05, 3.63) is 88.0 Å². The molecule has 0 fully saturated rings. The van der Waals surface area contributed by atoms with E-state index in [0.717, 1.165) is 40.1 Å². The zero-order chi connectivity index (χ0) is 22.9. The average Bonchev–Trinajstić information content (AvgIpc) is 3.45. The van der Waals surface area contributed by atoms with Gasteiger partial charge in [0.15, 0.2) is 0 Å². The predicted octanol–water partition coefficient (Wildman–Crippen LogP) is 4.57. The molecule has 0 aliphatic heterocycles. The van der Waals surface area contributed by atoms with Crippen molar-refractivity contribution in [2.75, 3.05) is 6.54 Å². The van der Waals surface area contributed by atoms with Gasteiger partial charge in [0.2, 0.25) is 0 Å². The maximum atomic E-state index is 13.3. The third-order valence-electron chi connectivity index (χ3n) is 5.53. The predicted molar refractivity (Wildman–Crippen MR) is 129 cm³/mol. The lowest BCUT2D eigenvalue weighted by molar-refractivity contribution is 0.0953. The van der Waals surface area contributed by atoms with Crippen LogP contribution >= 0.6 is 11.3 Å². The minimum Gasteiger partial charge on any atom is -0.469 e. The summed E-state index contributed by atoms with van der Waals surface area (Å²) in [5.74, 6) is 0.714. The number of furan rings is 1. The van der Waals surface area contributed by atoms with E-state index in [0.29, 0.717) is 28.0 Å². The number of fused-ring (bicyclic) bond motifs is 3. The molecule has 166 valence electrons. The summed E-state index contributed by atoms with van der Waals surface area (Å²) in [6.45, 7) is 4.48. The summed E-state index contributed by atoms with van der Waals surface area (Å²) in [6, 6.07) is 12.8. The quantitative estimate of drug-likeness (QED) is 0.377. The van der Waals surface area contributed by atoms with E-state index < -0.39 is 0 Å². The highest BCUT2D eigenvalue weighted by Crippen LogP contribution is 2.31. The molecule has 0 spiro atoms. The number of nitrogens with zero attached hydrogens (tertiary/aromatic N) is 3. The van der Waals surface area contributed by atoms with Crippen molar-refractivity contribution in [1.29, 1.82) is 0 Å². The van der Waals surface area contributed by atoms with Crippen LogP contribution in [0.2, 0.25) is 0 Å². The van der Waals surface area contributed by atoms with E-state index in [9.17, 15) is 9.59 Å². The van der Waals surface area contributed by atoms with E-state index >= 15 is 0 Å². The Bertz CT molecular complexity index is 1530. The maximum absolute atomic E-state index is 13.3. The molecule has 1 amide bonds. The van der Waals surface area contributed by atoms with Crippen LogP contribution in [0.1, 0.15) is 33.8 Å². The molecule has 1 N–H and O–H groups in total. The Kier molecular flexibility index (Phi) is 5.51. The van der Waals surface area contributed by atoms with Crippen LogP contribution < -0.4 is 10.9 Å². The number of amides is 1. The van der Waals surface area contributed by atoms with Gasteiger partial charge in [-0.3, -0.25) is 14.2 Å². The number of aryl methyl sites for hydroxylation is 3. The van der Waals surface area contributed by atoms with Crippen molar-refractivity contribution < 1.29 is 9.21 Å². The molecule has 4 heterocycles. The third kappa shape index (κ3) is 4.05. The lowest BCUT2D eigenvalue weighted by Crippen LogP contribution is -2.25. The van der Waals surface area contributed by atoms with Gasteiger partial charge in [-0.05, 0) is 62.2 Å². The topological polar surface area (TPSA) is 90.0 Å². The summed E-state index contributed by atoms with van der Waals surface area (Å²) >= 11 is 1.35. The number of hydrogen-bond acceptors (Lipinski definition) is 6. The number of hydrogen-bond donors (Lipinski definition) is 1. The van der Waals surface area contributed by atoms with Gasteiger partial charge in [-0.25, -0.2) is 9.97 Å². The van der Waals surface area contributed by atoms with Crippen LogP contribution in [0.15, 0.2) is 64.3 Å². The van der Waals surface area contributed by atoms with E-state index in [1.165, 1.54) is 22.2 Å². The highest BCUT2D eigenvalue weighted by molar-refractivity contribution is 7.25. The second-order valence-electron chi connectivity index (χ2n) is 7.95. The number of thiophene rings is 1. The van der Waals surface area contributed by atoms with E-state index in [4.69, 9.17) is 4.42 Å². The summed E-state index contributed by atoms with van der Waals surface area (Å²) in [5, 5.41) is 3.85. The van der Waals surface area contributed by atoms with Gasteiger partial charge in [-0.15, -0.1) is 11.3 Å². The summed E-state index contributed by atoms with van der Waals surface area (Å²) in [4.78, 5) is 35.9. The minimum absolute atomic E-state index is 0.170. The van der Waals surface area contributed by atoms with Crippen LogP contribution in [-0.4, -0.2) is 27.0 Å². The Morgan fingerprint density at radius 3 is 2.88 bits per heavy atom. The van der Waals surface area contributed by atoms with Crippen LogP contribution in [0.5, 0.6) is 0 Å². The SMILES string of the molecule is Cc1cc(C)c2c(n1)sc1c(=O)n(-c3cccc(C(=O)NCCCc4ccco4)c3)cnc12. The highest BCUT2D eigenvalue weighted by atomic mass is 32.1. The molecule has 1 aromatic carbocycles. The Balaban J connectivity index is 1.40. The first-order valence-electron chi connectivity index (χ1n) is 10.7. The molecule has 0 unspecified atom stereocenters. The largest absolute Gasteiger partial charge is 0.469 e. The smallest absolute Gasteiger partial charge is 0.275 e. The Labute approximate surface area is 193 Å². The molecule has 0 aliphatic rings. The van der Waals surface area contributed by atoms with Gasteiger partial charge in [-0.2, -0.15) is 0 Å². The third-order valence-corrected chi connectivity index (χ3v) is 6.59. The number of benzene rings is 1. The fourth-order valence-electron chi connectivity index (χ4n) is 3.97. The fourth-order valence-corrected chi connectivity index (χ4v) is 5.15. The van der Waals surface area contributed by atoms with Gasteiger partial charge in [-0.1, -0.05) is 6.07 Å². The van der Waals surface area contributed by atoms with E-state index in [2.05, 4.69) is 15.3 Å². The molecule has 0 atom stereocenters. The summed E-state index contributed by atoms with van der Waals surface area (Å²) in [5.41, 5.74) is 3.55.